The van der Waals surface area contributed by atoms with Crippen molar-refractivity contribution in [2.45, 2.75) is 19.3 Å². The largest absolute Gasteiger partial charge is 0.469 e. The average molecular weight is 319 g/mol. The van der Waals surface area contributed by atoms with Crippen LogP contribution in [0.4, 0.5) is 0 Å². The van der Waals surface area contributed by atoms with Gasteiger partial charge < -0.3 is 19.7 Å². The number of hydrogen-bond acceptors (Lipinski definition) is 5. The summed E-state index contributed by atoms with van der Waals surface area (Å²) in [6, 6.07) is 0. The quantitative estimate of drug-likeness (QED) is 0.784. The molecule has 0 bridgehead atoms. The first-order valence-electron chi connectivity index (χ1n) is 7.84. The number of rotatable bonds is 3. The fraction of sp³-hybridized carbons (Fsp3) is 0.933. The van der Waals surface area contributed by atoms with Crippen LogP contribution in [0, 0.1) is 17.3 Å². The second-order valence-corrected chi connectivity index (χ2v) is 6.56. The van der Waals surface area contributed by atoms with Gasteiger partial charge in [0.1, 0.15) is 0 Å². The van der Waals surface area contributed by atoms with Crippen molar-refractivity contribution in [3.05, 3.63) is 0 Å². The minimum atomic E-state index is -0.306. The molecule has 6 heteroatoms. The van der Waals surface area contributed by atoms with Crippen LogP contribution in [0.15, 0.2) is 0 Å². The van der Waals surface area contributed by atoms with E-state index in [9.17, 15) is 4.79 Å². The van der Waals surface area contributed by atoms with E-state index in [-0.39, 0.29) is 23.8 Å². The number of piperidine rings is 1. The van der Waals surface area contributed by atoms with Crippen molar-refractivity contribution in [2.24, 2.45) is 17.3 Å². The number of nitrogens with zero attached hydrogens (tertiary/aromatic N) is 1. The van der Waals surface area contributed by atoms with Crippen LogP contribution in [0.3, 0.4) is 0 Å². The molecule has 3 rings (SSSR count). The molecular weight excluding hydrogens is 292 g/mol. The van der Waals surface area contributed by atoms with Gasteiger partial charge in [0.25, 0.3) is 0 Å². The number of hydrogen-bond donors (Lipinski definition) is 1. The first-order valence-corrected chi connectivity index (χ1v) is 7.84. The van der Waals surface area contributed by atoms with Crippen LogP contribution in [0.1, 0.15) is 19.3 Å². The Balaban J connectivity index is 0.00000161. The van der Waals surface area contributed by atoms with Crippen LogP contribution < -0.4 is 5.32 Å². The zero-order chi connectivity index (χ0) is 14.0. The fourth-order valence-corrected chi connectivity index (χ4v) is 4.16. The maximum absolute atomic E-state index is 12.3. The summed E-state index contributed by atoms with van der Waals surface area (Å²) in [6.45, 7) is 6.62. The van der Waals surface area contributed by atoms with Gasteiger partial charge in [-0.25, -0.2) is 0 Å². The van der Waals surface area contributed by atoms with Crippen molar-refractivity contribution in [3.8, 4) is 0 Å². The second kappa shape index (κ2) is 7.27. The minimum Gasteiger partial charge on any atom is -0.469 e. The molecule has 3 aliphatic rings. The second-order valence-electron chi connectivity index (χ2n) is 6.56. The third-order valence-electron chi connectivity index (χ3n) is 5.34. The topological polar surface area (TPSA) is 50.8 Å². The molecule has 0 aromatic carbocycles. The summed E-state index contributed by atoms with van der Waals surface area (Å²) in [5.74, 6) is 1.05. The molecule has 21 heavy (non-hydrogen) atoms. The van der Waals surface area contributed by atoms with Crippen LogP contribution in [-0.2, 0) is 14.3 Å². The van der Waals surface area contributed by atoms with Gasteiger partial charge in [-0.2, -0.15) is 0 Å². The third kappa shape index (κ3) is 3.36. The summed E-state index contributed by atoms with van der Waals surface area (Å²) in [7, 11) is 1.51. The predicted molar refractivity (Wildman–Crippen MR) is 82.7 cm³/mol. The zero-order valence-electron chi connectivity index (χ0n) is 12.8. The van der Waals surface area contributed by atoms with Crippen molar-refractivity contribution < 1.29 is 14.3 Å². The van der Waals surface area contributed by atoms with Crippen molar-refractivity contribution >= 4 is 18.4 Å². The molecule has 3 heterocycles. The van der Waals surface area contributed by atoms with Gasteiger partial charge in [-0.1, -0.05) is 0 Å². The lowest BCUT2D eigenvalue weighted by molar-refractivity contribution is -0.161. The van der Waals surface area contributed by atoms with Gasteiger partial charge in [0, 0.05) is 32.2 Å². The number of fused-ring (bicyclic) bond motifs is 1. The molecule has 3 saturated heterocycles. The number of halogens is 1. The number of carbonyl (C=O) groups is 1. The predicted octanol–water partition coefficient (Wildman–Crippen LogP) is 0.919. The summed E-state index contributed by atoms with van der Waals surface area (Å²) in [6.07, 6.45) is 3.32. The van der Waals surface area contributed by atoms with E-state index in [0.717, 1.165) is 45.1 Å². The van der Waals surface area contributed by atoms with Crippen LogP contribution in [-0.4, -0.2) is 63.9 Å². The van der Waals surface area contributed by atoms with Crippen molar-refractivity contribution in [2.75, 3.05) is 53.0 Å². The standard InChI is InChI=1S/C15H26N2O3.ClH/c1-19-14(18)15-4-7-20-10-13(15)9-17(11-15)8-12-2-5-16-6-3-12;/h12-13,16H,2-11H2,1H3;1H/t13-,15+;/m0./s1. The molecule has 2 atom stereocenters. The smallest absolute Gasteiger partial charge is 0.313 e. The van der Waals surface area contributed by atoms with E-state index in [0.29, 0.717) is 19.1 Å². The lowest BCUT2D eigenvalue weighted by atomic mass is 9.74. The Morgan fingerprint density at radius 2 is 2.19 bits per heavy atom. The van der Waals surface area contributed by atoms with Crippen LogP contribution in [0.2, 0.25) is 0 Å². The molecule has 0 amide bonds. The minimum absolute atomic E-state index is 0. The van der Waals surface area contributed by atoms with Crippen LogP contribution >= 0.6 is 12.4 Å². The van der Waals surface area contributed by atoms with Crippen molar-refractivity contribution in [3.63, 3.8) is 0 Å². The third-order valence-corrected chi connectivity index (χ3v) is 5.34. The number of esters is 1. The molecule has 0 aromatic heterocycles. The summed E-state index contributed by atoms with van der Waals surface area (Å²) in [5.41, 5.74) is -0.306. The number of carbonyl (C=O) groups excluding carboxylic acids is 1. The number of likely N-dealkylation sites (tertiary alicyclic amines) is 1. The van der Waals surface area contributed by atoms with E-state index in [1.54, 1.807) is 0 Å². The first-order chi connectivity index (χ1) is 9.74. The van der Waals surface area contributed by atoms with Crippen LogP contribution in [0.5, 0.6) is 0 Å². The zero-order valence-corrected chi connectivity index (χ0v) is 13.6. The number of ether oxygens (including phenoxy) is 2. The molecule has 0 radical (unpaired) electrons. The molecule has 0 spiro atoms. The lowest BCUT2D eigenvalue weighted by Crippen LogP contribution is -2.45. The van der Waals surface area contributed by atoms with Gasteiger partial charge in [0.05, 0.1) is 19.1 Å². The van der Waals surface area contributed by atoms with E-state index in [4.69, 9.17) is 9.47 Å². The van der Waals surface area contributed by atoms with Gasteiger partial charge in [0.2, 0.25) is 0 Å². The SMILES string of the molecule is COC(=O)[C@@]12CCOC[C@@H]1CN(CC1CCNCC1)C2.Cl. The van der Waals surface area contributed by atoms with Gasteiger partial charge in [-0.15, -0.1) is 12.4 Å². The Labute approximate surface area is 133 Å². The van der Waals surface area contributed by atoms with Crippen molar-refractivity contribution in [1.29, 1.82) is 0 Å². The number of methoxy groups -OCH3 is 1. The lowest BCUT2D eigenvalue weighted by Gasteiger charge is -2.35. The highest BCUT2D eigenvalue weighted by Gasteiger charge is 2.54. The first kappa shape index (κ1) is 17.0. The van der Waals surface area contributed by atoms with Gasteiger partial charge in [-0.05, 0) is 38.3 Å². The van der Waals surface area contributed by atoms with E-state index in [2.05, 4.69) is 10.2 Å². The molecule has 5 nitrogen and oxygen atoms in total. The highest BCUT2D eigenvalue weighted by Crippen LogP contribution is 2.43. The Morgan fingerprint density at radius 3 is 2.90 bits per heavy atom. The van der Waals surface area contributed by atoms with E-state index in [1.165, 1.54) is 20.0 Å². The summed E-state index contributed by atoms with van der Waals surface area (Å²) in [5, 5.41) is 3.41. The molecule has 1 N–H and O–H groups in total. The molecule has 0 saturated carbocycles. The Bertz CT molecular complexity index is 363. The van der Waals surface area contributed by atoms with E-state index < -0.39 is 0 Å². The Morgan fingerprint density at radius 1 is 1.43 bits per heavy atom. The molecule has 3 fully saturated rings. The molecule has 0 aromatic rings. The number of nitrogens with one attached hydrogen (secondary N) is 1. The Hall–Kier alpha value is -0.360. The maximum Gasteiger partial charge on any atom is 0.313 e. The van der Waals surface area contributed by atoms with Crippen LogP contribution in [0.25, 0.3) is 0 Å². The summed E-state index contributed by atoms with van der Waals surface area (Å²) < 4.78 is 10.7. The molecule has 122 valence electrons. The van der Waals surface area contributed by atoms with E-state index in [1.807, 2.05) is 0 Å². The molecule has 3 aliphatic heterocycles. The van der Waals surface area contributed by atoms with Gasteiger partial charge in [-0.3, -0.25) is 4.79 Å². The van der Waals surface area contributed by atoms with E-state index >= 15 is 0 Å². The molecular formula is C15H27ClN2O3. The van der Waals surface area contributed by atoms with Crippen molar-refractivity contribution in [1.82, 2.24) is 10.2 Å². The average Bonchev–Trinajstić information content (AvgIpc) is 2.86. The maximum atomic E-state index is 12.3. The molecule has 0 aliphatic carbocycles. The highest BCUT2D eigenvalue weighted by atomic mass is 35.5. The summed E-state index contributed by atoms with van der Waals surface area (Å²) in [4.78, 5) is 14.8. The normalized spacial score (nSPS) is 34.0. The van der Waals surface area contributed by atoms with Gasteiger partial charge >= 0.3 is 5.97 Å². The highest BCUT2D eigenvalue weighted by molar-refractivity contribution is 5.85. The Kier molecular flexibility index (Phi) is 5.88. The molecule has 0 unspecified atom stereocenters. The fourth-order valence-electron chi connectivity index (χ4n) is 4.16. The summed E-state index contributed by atoms with van der Waals surface area (Å²) >= 11 is 0. The monoisotopic (exact) mass is 318 g/mol. The van der Waals surface area contributed by atoms with Gasteiger partial charge in [0.15, 0.2) is 0 Å².